The highest BCUT2D eigenvalue weighted by Crippen LogP contribution is 2.63. The van der Waals surface area contributed by atoms with Gasteiger partial charge in [-0.1, -0.05) is 224 Å². The van der Waals surface area contributed by atoms with Gasteiger partial charge < -0.3 is 0 Å². The lowest BCUT2D eigenvalue weighted by atomic mass is 9.60. The molecule has 9 aromatic rings. The minimum Gasteiger partial charge on any atom is -0.228 e. The Labute approximate surface area is 392 Å². The lowest BCUT2D eigenvalue weighted by Crippen LogP contribution is -2.39. The van der Waals surface area contributed by atoms with E-state index in [-0.39, 0.29) is 5.41 Å². The van der Waals surface area contributed by atoms with Crippen LogP contribution in [0, 0.1) is 17.8 Å². The molecule has 67 heavy (non-hydrogen) atoms. The SMILES string of the molecule is C1=CCCC(c2nc(-c3ccccc3)cc(-c3cccc(-c4cccc5c6ccccc6c6cc(C7=CCC8C(=C7)C7C=CC=CC7C8(c7ccccc7)c7ccccc7)ccc6c45)c3)n2)=C1. The van der Waals surface area contributed by atoms with Gasteiger partial charge in [0.25, 0.3) is 0 Å². The Morgan fingerprint density at radius 3 is 1.90 bits per heavy atom. The third kappa shape index (κ3) is 6.46. The maximum absolute atomic E-state index is 5.25. The summed E-state index contributed by atoms with van der Waals surface area (Å²) in [5.74, 6) is 1.79. The second-order valence-corrected chi connectivity index (χ2v) is 18.6. The second kappa shape index (κ2) is 16.2. The van der Waals surface area contributed by atoms with Gasteiger partial charge >= 0.3 is 0 Å². The Morgan fingerprint density at radius 2 is 1.13 bits per heavy atom. The second-order valence-electron chi connectivity index (χ2n) is 18.6. The molecule has 3 atom stereocenters. The summed E-state index contributed by atoms with van der Waals surface area (Å²) in [6, 6.07) is 67.3. The first-order valence-corrected chi connectivity index (χ1v) is 23.9. The van der Waals surface area contributed by atoms with Gasteiger partial charge in [-0.15, -0.1) is 0 Å². The molecule has 0 bridgehead atoms. The average molecular weight is 857 g/mol. The predicted molar refractivity (Wildman–Crippen MR) is 280 cm³/mol. The first-order valence-electron chi connectivity index (χ1n) is 23.9. The molecule has 4 aliphatic carbocycles. The van der Waals surface area contributed by atoms with E-state index in [1.165, 1.54) is 71.3 Å². The standard InChI is InChI=1S/C65H48N2/c1-5-19-43(20-6-1)61-42-62(67-64(66-61)44-21-7-2-8-22-44)48-24-17-23-47(39-48)51-32-18-33-55-52-29-13-14-30-53(52)57-40-45(35-37-56(57)63(51)55)46-36-38-60-58(41-46)54-31-15-16-34-59(54)65(60,49-25-9-3-10-26-49)50-27-11-4-12-28-50/h1-7,9-21,23-37,39-42,54,59-60H,8,22,38H2. The van der Waals surface area contributed by atoms with Gasteiger partial charge in [-0.25, -0.2) is 9.97 Å². The third-order valence-electron chi connectivity index (χ3n) is 15.2. The molecule has 0 N–H and O–H groups in total. The van der Waals surface area contributed by atoms with Crippen molar-refractivity contribution in [3.05, 3.63) is 265 Å². The number of hydrogen-bond acceptors (Lipinski definition) is 2. The van der Waals surface area contributed by atoms with Crippen LogP contribution in [0.4, 0.5) is 0 Å². The molecule has 0 radical (unpaired) electrons. The van der Waals surface area contributed by atoms with Crippen molar-refractivity contribution in [2.24, 2.45) is 17.8 Å². The first kappa shape index (κ1) is 39.4. The summed E-state index contributed by atoms with van der Waals surface area (Å²) in [4.78, 5) is 10.4. The molecule has 1 fully saturated rings. The fourth-order valence-electron chi connectivity index (χ4n) is 12.2. The number of aromatic nitrogens is 2. The van der Waals surface area contributed by atoms with E-state index >= 15 is 0 Å². The van der Waals surface area contributed by atoms with Gasteiger partial charge in [-0.2, -0.15) is 0 Å². The lowest BCUT2D eigenvalue weighted by Gasteiger charge is -2.42. The van der Waals surface area contributed by atoms with Crippen molar-refractivity contribution in [1.29, 1.82) is 0 Å². The van der Waals surface area contributed by atoms with E-state index in [0.29, 0.717) is 17.8 Å². The van der Waals surface area contributed by atoms with E-state index in [2.05, 4.69) is 237 Å². The van der Waals surface area contributed by atoms with Gasteiger partial charge in [0.2, 0.25) is 0 Å². The van der Waals surface area contributed by atoms with Crippen molar-refractivity contribution >= 4 is 43.5 Å². The summed E-state index contributed by atoms with van der Waals surface area (Å²) in [5, 5.41) is 7.63. The summed E-state index contributed by atoms with van der Waals surface area (Å²) in [7, 11) is 0. The van der Waals surface area contributed by atoms with Gasteiger partial charge in [0, 0.05) is 28.4 Å². The quantitative estimate of drug-likeness (QED) is 0.149. The van der Waals surface area contributed by atoms with Crippen LogP contribution in [-0.4, -0.2) is 9.97 Å². The third-order valence-corrected chi connectivity index (χ3v) is 15.2. The van der Waals surface area contributed by atoms with E-state index in [0.717, 1.165) is 47.6 Å². The highest BCUT2D eigenvalue weighted by atomic mass is 14.9. The van der Waals surface area contributed by atoms with Crippen LogP contribution in [-0.2, 0) is 5.41 Å². The highest BCUT2D eigenvalue weighted by Gasteiger charge is 2.58. The van der Waals surface area contributed by atoms with Crippen LogP contribution in [0.5, 0.6) is 0 Å². The smallest absolute Gasteiger partial charge is 0.156 e. The molecule has 4 aliphatic rings. The Bertz CT molecular complexity index is 3570. The topological polar surface area (TPSA) is 25.8 Å². The monoisotopic (exact) mass is 856 g/mol. The Hall–Kier alpha value is -7.94. The first-order chi connectivity index (χ1) is 33.2. The number of allylic oxidation sites excluding steroid dienone is 12. The molecular formula is C65H48N2. The van der Waals surface area contributed by atoms with Crippen molar-refractivity contribution in [3.63, 3.8) is 0 Å². The van der Waals surface area contributed by atoms with Gasteiger partial charge in [0.05, 0.1) is 11.4 Å². The molecule has 2 nitrogen and oxygen atoms in total. The van der Waals surface area contributed by atoms with Crippen LogP contribution >= 0.6 is 0 Å². The number of benzene rings is 8. The van der Waals surface area contributed by atoms with Gasteiger partial charge in [0.1, 0.15) is 0 Å². The van der Waals surface area contributed by atoms with Crippen molar-refractivity contribution < 1.29 is 0 Å². The molecule has 0 spiro atoms. The van der Waals surface area contributed by atoms with Crippen molar-refractivity contribution in [2.45, 2.75) is 24.7 Å². The Balaban J connectivity index is 0.943. The van der Waals surface area contributed by atoms with Crippen molar-refractivity contribution in [2.75, 3.05) is 0 Å². The highest BCUT2D eigenvalue weighted by molar-refractivity contribution is 6.28. The molecule has 2 heteroatoms. The molecule has 1 heterocycles. The molecule has 13 rings (SSSR count). The largest absolute Gasteiger partial charge is 0.228 e. The fourth-order valence-corrected chi connectivity index (χ4v) is 12.2. The van der Waals surface area contributed by atoms with E-state index in [9.17, 15) is 0 Å². The molecule has 3 unspecified atom stereocenters. The average Bonchev–Trinajstić information content (AvgIpc) is 3.72. The van der Waals surface area contributed by atoms with Gasteiger partial charge in [-0.3, -0.25) is 0 Å². The molecule has 0 aliphatic heterocycles. The summed E-state index contributed by atoms with van der Waals surface area (Å²) in [6.07, 6.45) is 24.0. The predicted octanol–water partition coefficient (Wildman–Crippen LogP) is 16.4. The number of rotatable bonds is 7. The van der Waals surface area contributed by atoms with E-state index in [4.69, 9.17) is 9.97 Å². The Kier molecular flexibility index (Phi) is 9.53. The maximum Gasteiger partial charge on any atom is 0.156 e. The van der Waals surface area contributed by atoms with E-state index < -0.39 is 0 Å². The molecule has 0 amide bonds. The van der Waals surface area contributed by atoms with Crippen LogP contribution in [0.2, 0.25) is 0 Å². The zero-order valence-electron chi connectivity index (χ0n) is 37.3. The molecule has 0 saturated heterocycles. The number of nitrogens with zero attached hydrogens (tertiary/aromatic N) is 2. The molecule has 1 saturated carbocycles. The minimum absolute atomic E-state index is 0.168. The normalized spacial score (nSPS) is 19.2. The molecular weight excluding hydrogens is 809 g/mol. The zero-order valence-corrected chi connectivity index (χ0v) is 37.3. The van der Waals surface area contributed by atoms with Crippen LogP contribution in [0.3, 0.4) is 0 Å². The molecule has 318 valence electrons. The van der Waals surface area contributed by atoms with E-state index in [1.54, 1.807) is 5.57 Å². The van der Waals surface area contributed by atoms with Crippen LogP contribution in [0.15, 0.2) is 242 Å². The fraction of sp³-hybridized carbons (Fsp3) is 0.108. The lowest BCUT2D eigenvalue weighted by molar-refractivity contribution is 0.335. The molecule has 8 aromatic carbocycles. The summed E-state index contributed by atoms with van der Waals surface area (Å²) in [6.45, 7) is 0. The van der Waals surface area contributed by atoms with Gasteiger partial charge in [-0.05, 0) is 115 Å². The van der Waals surface area contributed by atoms with Crippen LogP contribution in [0.25, 0.3) is 77.1 Å². The Morgan fingerprint density at radius 1 is 0.493 bits per heavy atom. The summed E-state index contributed by atoms with van der Waals surface area (Å²) in [5.41, 5.74) is 14.3. The van der Waals surface area contributed by atoms with E-state index in [1.807, 2.05) is 0 Å². The summed E-state index contributed by atoms with van der Waals surface area (Å²) < 4.78 is 0. The van der Waals surface area contributed by atoms with Crippen LogP contribution < -0.4 is 0 Å². The van der Waals surface area contributed by atoms with Gasteiger partial charge in [0.15, 0.2) is 5.82 Å². The maximum atomic E-state index is 5.25. The summed E-state index contributed by atoms with van der Waals surface area (Å²) >= 11 is 0. The van der Waals surface area contributed by atoms with Crippen molar-refractivity contribution in [1.82, 2.24) is 9.97 Å². The number of hydrogen-bond donors (Lipinski definition) is 0. The van der Waals surface area contributed by atoms with Crippen LogP contribution in [0.1, 0.15) is 41.8 Å². The van der Waals surface area contributed by atoms with Crippen molar-refractivity contribution in [3.8, 4) is 33.6 Å². The minimum atomic E-state index is -0.168. The number of fused-ring (bicyclic) bond motifs is 9. The molecule has 1 aromatic heterocycles. The zero-order chi connectivity index (χ0) is 44.3.